The van der Waals surface area contributed by atoms with Gasteiger partial charge in [0.25, 0.3) is 0 Å². The van der Waals surface area contributed by atoms with Gasteiger partial charge in [0.2, 0.25) is 5.91 Å². The minimum atomic E-state index is 0.0579. The molecule has 110 valence electrons. The van der Waals surface area contributed by atoms with Crippen molar-refractivity contribution in [2.24, 2.45) is 0 Å². The van der Waals surface area contributed by atoms with Crippen LogP contribution in [0.5, 0.6) is 0 Å². The fraction of sp³-hybridized carbons (Fsp3) is 0.533. The van der Waals surface area contributed by atoms with E-state index in [9.17, 15) is 4.79 Å². The van der Waals surface area contributed by atoms with Crippen molar-refractivity contribution >= 4 is 17.5 Å². The molecule has 2 atom stereocenters. The van der Waals surface area contributed by atoms with E-state index < -0.39 is 0 Å². The van der Waals surface area contributed by atoms with Crippen LogP contribution in [0.25, 0.3) is 0 Å². The van der Waals surface area contributed by atoms with Crippen LogP contribution in [-0.2, 0) is 16.0 Å². The predicted octanol–water partition coefficient (Wildman–Crippen LogP) is 1.77. The van der Waals surface area contributed by atoms with Gasteiger partial charge in [0.1, 0.15) is 0 Å². The number of nitrogens with one attached hydrogen (secondary N) is 2. The summed E-state index contributed by atoms with van der Waals surface area (Å²) >= 11 is 5.95. The van der Waals surface area contributed by atoms with Crippen LogP contribution in [0, 0.1) is 0 Å². The fourth-order valence-electron chi connectivity index (χ4n) is 2.38. The summed E-state index contributed by atoms with van der Waals surface area (Å²) in [5, 5.41) is 7.02. The van der Waals surface area contributed by atoms with E-state index in [-0.39, 0.29) is 18.0 Å². The van der Waals surface area contributed by atoms with E-state index in [2.05, 4.69) is 10.6 Å². The van der Waals surface area contributed by atoms with Gasteiger partial charge in [-0.15, -0.1) is 0 Å². The summed E-state index contributed by atoms with van der Waals surface area (Å²) in [6, 6.07) is 7.94. The van der Waals surface area contributed by atoms with Crippen molar-refractivity contribution in [1.82, 2.24) is 10.6 Å². The van der Waals surface area contributed by atoms with Crippen LogP contribution >= 0.6 is 11.6 Å². The Morgan fingerprint density at radius 1 is 1.60 bits per heavy atom. The standard InChI is InChI=1S/C15H21ClN2O2/c1-11(7-12-3-2-4-13(16)8-12)18-15(19)9-14-10-20-6-5-17-14/h2-4,8,11,14,17H,5-7,9-10H2,1H3,(H,18,19). The number of morpholine rings is 1. The van der Waals surface area contributed by atoms with Crippen LogP contribution < -0.4 is 10.6 Å². The van der Waals surface area contributed by atoms with E-state index in [0.29, 0.717) is 13.0 Å². The molecule has 1 aliphatic rings. The van der Waals surface area contributed by atoms with E-state index in [1.54, 1.807) is 0 Å². The summed E-state index contributed by atoms with van der Waals surface area (Å²) in [4.78, 5) is 11.9. The molecule has 0 spiro atoms. The molecule has 1 heterocycles. The van der Waals surface area contributed by atoms with Crippen molar-refractivity contribution in [3.63, 3.8) is 0 Å². The maximum absolute atomic E-state index is 11.9. The highest BCUT2D eigenvalue weighted by atomic mass is 35.5. The summed E-state index contributed by atoms with van der Waals surface area (Å²) in [5.74, 6) is 0.0579. The third kappa shape index (κ3) is 5.12. The second-order valence-corrected chi connectivity index (χ2v) is 5.67. The summed E-state index contributed by atoms with van der Waals surface area (Å²) in [6.45, 7) is 4.15. The van der Waals surface area contributed by atoms with Gasteiger partial charge in [-0.3, -0.25) is 4.79 Å². The lowest BCUT2D eigenvalue weighted by Gasteiger charge is -2.24. The first-order valence-corrected chi connectivity index (χ1v) is 7.36. The largest absolute Gasteiger partial charge is 0.378 e. The second-order valence-electron chi connectivity index (χ2n) is 5.23. The topological polar surface area (TPSA) is 50.4 Å². The zero-order valence-corrected chi connectivity index (χ0v) is 12.5. The van der Waals surface area contributed by atoms with Crippen molar-refractivity contribution in [2.45, 2.75) is 31.8 Å². The molecule has 0 aliphatic carbocycles. The Labute approximate surface area is 124 Å². The summed E-state index contributed by atoms with van der Waals surface area (Å²) < 4.78 is 5.34. The number of halogens is 1. The Morgan fingerprint density at radius 3 is 3.15 bits per heavy atom. The van der Waals surface area contributed by atoms with Gasteiger partial charge >= 0.3 is 0 Å². The van der Waals surface area contributed by atoms with Gasteiger partial charge in [-0.05, 0) is 31.0 Å². The third-order valence-electron chi connectivity index (χ3n) is 3.27. The van der Waals surface area contributed by atoms with Gasteiger partial charge < -0.3 is 15.4 Å². The Bertz CT molecular complexity index is 447. The van der Waals surface area contributed by atoms with E-state index in [0.717, 1.165) is 30.2 Å². The molecule has 1 aliphatic heterocycles. The first kappa shape index (κ1) is 15.3. The molecular formula is C15H21ClN2O2. The van der Waals surface area contributed by atoms with E-state index in [4.69, 9.17) is 16.3 Å². The first-order valence-electron chi connectivity index (χ1n) is 6.98. The van der Waals surface area contributed by atoms with Gasteiger partial charge in [0, 0.05) is 30.1 Å². The average molecular weight is 297 g/mol. The molecule has 2 unspecified atom stereocenters. The Kier molecular flexibility index (Phi) is 5.83. The number of hydrogen-bond donors (Lipinski definition) is 2. The Morgan fingerprint density at radius 2 is 2.45 bits per heavy atom. The Hall–Kier alpha value is -1.10. The van der Waals surface area contributed by atoms with Crippen LogP contribution in [0.1, 0.15) is 18.9 Å². The zero-order chi connectivity index (χ0) is 14.4. The lowest BCUT2D eigenvalue weighted by Crippen LogP contribution is -2.45. The molecule has 2 rings (SSSR count). The molecule has 1 aromatic carbocycles. The molecule has 20 heavy (non-hydrogen) atoms. The summed E-state index contributed by atoms with van der Waals surface area (Å²) in [5.41, 5.74) is 1.13. The van der Waals surface area contributed by atoms with Crippen LogP contribution in [0.4, 0.5) is 0 Å². The van der Waals surface area contributed by atoms with Crippen LogP contribution in [-0.4, -0.2) is 37.7 Å². The summed E-state index contributed by atoms with van der Waals surface area (Å²) in [7, 11) is 0. The number of benzene rings is 1. The Balaban J connectivity index is 1.75. The molecule has 1 aromatic rings. The van der Waals surface area contributed by atoms with Gasteiger partial charge in [0.15, 0.2) is 0 Å². The number of rotatable bonds is 5. The lowest BCUT2D eigenvalue weighted by atomic mass is 10.1. The number of hydrogen-bond acceptors (Lipinski definition) is 3. The fourth-order valence-corrected chi connectivity index (χ4v) is 2.59. The highest BCUT2D eigenvalue weighted by Gasteiger charge is 2.17. The molecule has 0 aromatic heterocycles. The highest BCUT2D eigenvalue weighted by Crippen LogP contribution is 2.12. The molecule has 5 heteroatoms. The predicted molar refractivity (Wildman–Crippen MR) is 80.0 cm³/mol. The highest BCUT2D eigenvalue weighted by molar-refractivity contribution is 6.30. The second kappa shape index (κ2) is 7.62. The average Bonchev–Trinajstić information content (AvgIpc) is 2.39. The van der Waals surface area contributed by atoms with Crippen molar-refractivity contribution < 1.29 is 9.53 Å². The molecule has 4 nitrogen and oxygen atoms in total. The smallest absolute Gasteiger partial charge is 0.221 e. The van der Waals surface area contributed by atoms with Crippen LogP contribution in [0.15, 0.2) is 24.3 Å². The van der Waals surface area contributed by atoms with Crippen LogP contribution in [0.3, 0.4) is 0 Å². The van der Waals surface area contributed by atoms with Crippen LogP contribution in [0.2, 0.25) is 5.02 Å². The molecule has 0 saturated carbocycles. The molecule has 0 bridgehead atoms. The quantitative estimate of drug-likeness (QED) is 0.871. The number of amides is 1. The molecule has 1 saturated heterocycles. The van der Waals surface area contributed by atoms with E-state index in [1.165, 1.54) is 0 Å². The van der Waals surface area contributed by atoms with Gasteiger partial charge in [0.05, 0.1) is 13.2 Å². The molecular weight excluding hydrogens is 276 g/mol. The van der Waals surface area contributed by atoms with Crippen molar-refractivity contribution in [2.75, 3.05) is 19.8 Å². The minimum absolute atomic E-state index is 0.0579. The molecule has 2 N–H and O–H groups in total. The van der Waals surface area contributed by atoms with Crippen molar-refractivity contribution in [3.8, 4) is 0 Å². The molecule has 0 radical (unpaired) electrons. The monoisotopic (exact) mass is 296 g/mol. The minimum Gasteiger partial charge on any atom is -0.378 e. The van der Waals surface area contributed by atoms with Gasteiger partial charge in [-0.1, -0.05) is 23.7 Å². The van der Waals surface area contributed by atoms with Crippen molar-refractivity contribution in [1.29, 1.82) is 0 Å². The zero-order valence-electron chi connectivity index (χ0n) is 11.7. The third-order valence-corrected chi connectivity index (χ3v) is 3.50. The number of ether oxygens (including phenoxy) is 1. The van der Waals surface area contributed by atoms with Gasteiger partial charge in [-0.2, -0.15) is 0 Å². The first-order chi connectivity index (χ1) is 9.63. The maximum atomic E-state index is 11.9. The maximum Gasteiger partial charge on any atom is 0.221 e. The number of carbonyl (C=O) groups is 1. The van der Waals surface area contributed by atoms with Gasteiger partial charge in [-0.25, -0.2) is 0 Å². The van der Waals surface area contributed by atoms with E-state index in [1.807, 2.05) is 31.2 Å². The normalized spacial score (nSPS) is 20.4. The van der Waals surface area contributed by atoms with Crippen molar-refractivity contribution in [3.05, 3.63) is 34.9 Å². The lowest BCUT2D eigenvalue weighted by molar-refractivity contribution is -0.122. The SMILES string of the molecule is CC(Cc1cccc(Cl)c1)NC(=O)CC1COCCN1. The number of carbonyl (C=O) groups excluding carboxylic acids is 1. The molecule has 1 fully saturated rings. The molecule has 1 amide bonds. The van der Waals surface area contributed by atoms with E-state index >= 15 is 0 Å². The summed E-state index contributed by atoms with van der Waals surface area (Å²) in [6.07, 6.45) is 1.24.